The van der Waals surface area contributed by atoms with E-state index in [4.69, 9.17) is 16.6 Å². The van der Waals surface area contributed by atoms with Gasteiger partial charge < -0.3 is 10.4 Å². The van der Waals surface area contributed by atoms with Gasteiger partial charge in [0.25, 0.3) is 17.9 Å². The minimum Gasteiger partial charge on any atom is -0.478 e. The first-order valence-corrected chi connectivity index (χ1v) is 21.5. The highest BCUT2D eigenvalue weighted by molar-refractivity contribution is 7.92. The second-order valence-electron chi connectivity index (χ2n) is 15.6. The number of anilines is 1. The monoisotopic (exact) mass is 924 g/mol. The molecule has 1 fully saturated rings. The standard InChI is InChI=1S/C42H31ClF6N8O6S/c1-55-35-30(10-9-27(43)33(35)38(53-55)54-64(2,62)63)57-39(51-28-14-21(7-8-24(28)40(57)59)19-3-5-20(6-4-19)41(60)61)29(13-18-11-22(44)15-23(45)12-18)50-31(58)17-56-36-32(34(52-56)37(46)47)25-16-26(25)42(36,48)49/h3-12,14-15,25-26,29,37H,13,16-17H2,1-2H3,(H,50,58)(H,53,54)(H,60,61)/t25-,26+,29-/m0/s1. The smallest absolute Gasteiger partial charge is 0.335 e. The molecule has 14 nitrogen and oxygen atoms in total. The Hall–Kier alpha value is -6.74. The van der Waals surface area contributed by atoms with Crippen LogP contribution in [0.1, 0.15) is 63.5 Å². The minimum absolute atomic E-state index is 0.00403. The number of hydrogen-bond donors (Lipinski definition) is 3. The van der Waals surface area contributed by atoms with Gasteiger partial charge in [0, 0.05) is 31.0 Å². The van der Waals surface area contributed by atoms with Crippen LogP contribution in [0.15, 0.2) is 77.6 Å². The van der Waals surface area contributed by atoms with Gasteiger partial charge in [-0.3, -0.25) is 28.2 Å². The maximum absolute atomic E-state index is 15.5. The fourth-order valence-electron chi connectivity index (χ4n) is 8.56. The van der Waals surface area contributed by atoms with Gasteiger partial charge in [-0.15, -0.1) is 0 Å². The SMILES string of the molecule is Cn1nc(NS(C)(=O)=O)c2c(Cl)ccc(-n3c([C@H](Cc4cc(F)cc(F)c4)NC(=O)Cn4nc(C(F)F)c5c4C(F)(F)[C@@H]4C[C@H]54)nc4cc(-c5ccc(C(=O)O)cc5)ccc4c3=O)c21. The number of fused-ring (bicyclic) bond motifs is 5. The number of aryl methyl sites for hydroxylation is 1. The summed E-state index contributed by atoms with van der Waals surface area (Å²) in [5.41, 5.74) is -1.79. The third-order valence-corrected chi connectivity index (χ3v) is 12.1. The molecule has 0 aliphatic heterocycles. The van der Waals surface area contributed by atoms with E-state index in [-0.39, 0.29) is 67.3 Å². The van der Waals surface area contributed by atoms with Crippen molar-refractivity contribution in [2.24, 2.45) is 13.0 Å². The summed E-state index contributed by atoms with van der Waals surface area (Å²) in [5.74, 6) is -10.4. The van der Waals surface area contributed by atoms with Crippen LogP contribution < -0.4 is 15.6 Å². The number of alkyl halides is 4. The lowest BCUT2D eigenvalue weighted by Gasteiger charge is -2.24. The minimum atomic E-state index is -3.94. The predicted octanol–water partition coefficient (Wildman–Crippen LogP) is 7.38. The number of benzene rings is 4. The number of halogens is 7. The number of hydrogen-bond acceptors (Lipinski definition) is 8. The van der Waals surface area contributed by atoms with Crippen LogP contribution in [0.3, 0.4) is 0 Å². The van der Waals surface area contributed by atoms with E-state index in [2.05, 4.69) is 20.2 Å². The lowest BCUT2D eigenvalue weighted by Crippen LogP contribution is -2.38. The summed E-state index contributed by atoms with van der Waals surface area (Å²) in [6.07, 6.45) is -2.87. The van der Waals surface area contributed by atoms with Crippen LogP contribution in [0, 0.1) is 17.6 Å². The van der Waals surface area contributed by atoms with E-state index in [0.717, 1.165) is 23.0 Å². The maximum atomic E-state index is 15.5. The fourth-order valence-corrected chi connectivity index (χ4v) is 9.30. The molecule has 0 saturated heterocycles. The number of amides is 1. The Morgan fingerprint density at radius 2 is 1.67 bits per heavy atom. The first-order chi connectivity index (χ1) is 30.2. The van der Waals surface area contributed by atoms with Gasteiger partial charge in [0.05, 0.1) is 50.4 Å². The van der Waals surface area contributed by atoms with E-state index >= 15 is 13.6 Å². The van der Waals surface area contributed by atoms with Crippen LogP contribution in [0.2, 0.25) is 5.02 Å². The molecule has 2 aliphatic rings. The normalized spacial score (nSPS) is 16.8. The Bertz CT molecular complexity index is 3280. The van der Waals surface area contributed by atoms with E-state index < -0.39 is 93.7 Å². The number of aromatic nitrogens is 6. The van der Waals surface area contributed by atoms with Crippen molar-refractivity contribution >= 4 is 61.1 Å². The van der Waals surface area contributed by atoms with Gasteiger partial charge in [-0.25, -0.2) is 35.8 Å². The number of carbonyl (C=O) groups excluding carboxylic acids is 1. The molecule has 22 heteroatoms. The first-order valence-electron chi connectivity index (χ1n) is 19.2. The second kappa shape index (κ2) is 15.2. The van der Waals surface area contributed by atoms with Crippen molar-refractivity contribution < 1.29 is 49.5 Å². The first kappa shape index (κ1) is 42.6. The highest BCUT2D eigenvalue weighted by atomic mass is 35.5. The van der Waals surface area contributed by atoms with E-state index in [1.54, 1.807) is 6.07 Å². The van der Waals surface area contributed by atoms with Crippen molar-refractivity contribution in [3.8, 4) is 16.8 Å². The van der Waals surface area contributed by atoms with Crippen molar-refractivity contribution in [1.29, 1.82) is 0 Å². The molecule has 7 aromatic rings. The maximum Gasteiger partial charge on any atom is 0.335 e. The Morgan fingerprint density at radius 3 is 2.33 bits per heavy atom. The highest BCUT2D eigenvalue weighted by Crippen LogP contribution is 2.68. The summed E-state index contributed by atoms with van der Waals surface area (Å²) < 4.78 is 119. The Morgan fingerprint density at radius 1 is 0.984 bits per heavy atom. The van der Waals surface area contributed by atoms with Crippen molar-refractivity contribution in [3.63, 3.8) is 0 Å². The molecule has 9 rings (SSSR count). The lowest BCUT2D eigenvalue weighted by atomic mass is 10.0. The summed E-state index contributed by atoms with van der Waals surface area (Å²) in [5, 5.41) is 20.1. The summed E-state index contributed by atoms with van der Waals surface area (Å²) in [4.78, 5) is 45.6. The number of carboxylic acids is 1. The third kappa shape index (κ3) is 7.40. The van der Waals surface area contributed by atoms with Crippen LogP contribution in [0.4, 0.5) is 32.2 Å². The number of sulfonamides is 1. The Labute approximate surface area is 362 Å². The molecule has 64 heavy (non-hydrogen) atoms. The molecule has 3 atom stereocenters. The van der Waals surface area contributed by atoms with Crippen molar-refractivity contribution in [2.75, 3.05) is 11.0 Å². The second-order valence-corrected chi connectivity index (χ2v) is 17.8. The third-order valence-electron chi connectivity index (χ3n) is 11.3. The number of aromatic carboxylic acids is 1. The Balaban J connectivity index is 1.25. The number of rotatable bonds is 12. The molecule has 4 aromatic carbocycles. The number of nitrogens with zero attached hydrogens (tertiary/aromatic N) is 6. The molecule has 0 radical (unpaired) electrons. The molecular weight excluding hydrogens is 894 g/mol. The summed E-state index contributed by atoms with van der Waals surface area (Å²) in [7, 11) is -2.51. The molecule has 330 valence electrons. The van der Waals surface area contributed by atoms with E-state index in [1.807, 2.05) is 0 Å². The topological polar surface area (TPSA) is 183 Å². The van der Waals surface area contributed by atoms with E-state index in [9.17, 15) is 40.7 Å². The Kier molecular flexibility index (Phi) is 10.1. The molecule has 3 aromatic heterocycles. The molecule has 0 bridgehead atoms. The molecule has 1 amide bonds. The molecule has 0 spiro atoms. The van der Waals surface area contributed by atoms with Crippen LogP contribution in [0.5, 0.6) is 0 Å². The zero-order chi connectivity index (χ0) is 45.7. The van der Waals surface area contributed by atoms with Crippen molar-refractivity contribution in [3.05, 3.63) is 134 Å². The number of carboxylic acid groups (broad SMARTS) is 1. The van der Waals surface area contributed by atoms with Gasteiger partial charge in [-0.2, -0.15) is 19.0 Å². The number of carbonyl (C=O) groups is 2. The average Bonchev–Trinajstić information content (AvgIpc) is 3.75. The molecule has 0 unspecified atom stereocenters. The number of nitrogens with one attached hydrogen (secondary N) is 2. The molecular formula is C42H31ClF6N8O6S. The van der Waals surface area contributed by atoms with E-state index in [0.29, 0.717) is 21.9 Å². The molecule has 3 heterocycles. The van der Waals surface area contributed by atoms with Crippen LogP contribution in [-0.4, -0.2) is 60.8 Å². The van der Waals surface area contributed by atoms with Crippen LogP contribution in [0.25, 0.3) is 38.6 Å². The lowest BCUT2D eigenvalue weighted by molar-refractivity contribution is -0.123. The van der Waals surface area contributed by atoms with Crippen LogP contribution >= 0.6 is 11.6 Å². The average molecular weight is 925 g/mol. The van der Waals surface area contributed by atoms with Crippen molar-refractivity contribution in [1.82, 2.24) is 34.4 Å². The van der Waals surface area contributed by atoms with Crippen molar-refractivity contribution in [2.45, 2.75) is 43.7 Å². The summed E-state index contributed by atoms with van der Waals surface area (Å²) >= 11 is 6.62. The zero-order valence-corrected chi connectivity index (χ0v) is 34.7. The van der Waals surface area contributed by atoms with Gasteiger partial charge in [0.2, 0.25) is 15.9 Å². The summed E-state index contributed by atoms with van der Waals surface area (Å²) in [6, 6.07) is 14.0. The van der Waals surface area contributed by atoms with Gasteiger partial charge in [-0.05, 0) is 77.6 Å². The quantitative estimate of drug-likeness (QED) is 0.105. The van der Waals surface area contributed by atoms with Crippen LogP contribution in [-0.2, 0) is 40.8 Å². The fraction of sp³-hybridized carbons (Fsp3) is 0.238. The zero-order valence-electron chi connectivity index (χ0n) is 33.1. The van der Waals surface area contributed by atoms with Gasteiger partial charge in [0.1, 0.15) is 35.4 Å². The predicted molar refractivity (Wildman–Crippen MR) is 220 cm³/mol. The highest BCUT2D eigenvalue weighted by Gasteiger charge is 2.67. The van der Waals surface area contributed by atoms with E-state index in [1.165, 1.54) is 60.3 Å². The molecule has 1 saturated carbocycles. The van der Waals surface area contributed by atoms with Gasteiger partial charge >= 0.3 is 5.97 Å². The largest absolute Gasteiger partial charge is 0.478 e. The molecule has 3 N–H and O–H groups in total. The molecule has 2 aliphatic carbocycles. The van der Waals surface area contributed by atoms with Gasteiger partial charge in [0.15, 0.2) is 5.82 Å². The van der Waals surface area contributed by atoms with Gasteiger partial charge in [-0.1, -0.05) is 29.8 Å². The summed E-state index contributed by atoms with van der Waals surface area (Å²) in [6.45, 7) is -1.01.